The normalized spacial score (nSPS) is 20.8. The minimum absolute atomic E-state index is 0.121. The molecule has 1 atom stereocenters. The number of carbonyl (C=O) groups is 1. The highest BCUT2D eigenvalue weighted by atomic mass is 32.2. The average molecular weight is 320 g/mol. The molecule has 0 spiro atoms. The summed E-state index contributed by atoms with van der Waals surface area (Å²) in [5.74, 6) is -0.776. The highest BCUT2D eigenvalue weighted by Crippen LogP contribution is 2.29. The van der Waals surface area contributed by atoms with Crippen molar-refractivity contribution >= 4 is 27.3 Å². The van der Waals surface area contributed by atoms with Gasteiger partial charge in [0.25, 0.3) is 10.0 Å². The smallest absolute Gasteiger partial charge is 0.358 e. The van der Waals surface area contributed by atoms with Gasteiger partial charge in [0.2, 0.25) is 0 Å². The first kappa shape index (κ1) is 15.4. The Hall–Kier alpha value is -1.03. The van der Waals surface area contributed by atoms with E-state index in [0.29, 0.717) is 13.0 Å². The van der Waals surface area contributed by atoms with Crippen molar-refractivity contribution in [2.24, 2.45) is 0 Å². The van der Waals surface area contributed by atoms with Gasteiger partial charge in [0.1, 0.15) is 0 Å². The van der Waals surface area contributed by atoms with Crippen LogP contribution in [0.25, 0.3) is 0 Å². The van der Waals surface area contributed by atoms with Crippen LogP contribution < -0.4 is 0 Å². The first-order chi connectivity index (χ1) is 9.52. The van der Waals surface area contributed by atoms with Gasteiger partial charge in [-0.25, -0.2) is 18.2 Å². The molecule has 0 saturated carbocycles. The van der Waals surface area contributed by atoms with Gasteiger partial charge in [-0.05, 0) is 12.8 Å². The van der Waals surface area contributed by atoms with Crippen LogP contribution in [-0.2, 0) is 14.8 Å². The molecule has 1 aliphatic heterocycles. The van der Waals surface area contributed by atoms with E-state index in [4.69, 9.17) is 0 Å². The molecule has 1 N–H and O–H groups in total. The van der Waals surface area contributed by atoms with Crippen LogP contribution in [0.1, 0.15) is 29.8 Å². The van der Waals surface area contributed by atoms with Crippen LogP contribution in [0.15, 0.2) is 9.72 Å². The topological polar surface area (TPSA) is 96.8 Å². The number of ether oxygens (including phenoxy) is 1. The second-order valence-corrected chi connectivity index (χ2v) is 7.37. The molecule has 0 aliphatic carbocycles. The summed E-state index contributed by atoms with van der Waals surface area (Å²) in [6.45, 7) is 0.109. The highest BCUT2D eigenvalue weighted by Gasteiger charge is 2.37. The Kier molecular flexibility index (Phi) is 4.74. The molecule has 2 rings (SSSR count). The van der Waals surface area contributed by atoms with Crippen molar-refractivity contribution in [3.8, 4) is 0 Å². The Morgan fingerprint density at radius 3 is 3.00 bits per heavy atom. The van der Waals surface area contributed by atoms with Gasteiger partial charge in [-0.15, -0.1) is 11.3 Å². The number of sulfonamides is 1. The maximum Gasteiger partial charge on any atom is 0.358 e. The van der Waals surface area contributed by atoms with Gasteiger partial charge in [0.05, 0.1) is 19.2 Å². The van der Waals surface area contributed by atoms with Crippen molar-refractivity contribution in [1.29, 1.82) is 0 Å². The number of hydrogen-bond acceptors (Lipinski definition) is 7. The van der Waals surface area contributed by atoms with E-state index in [2.05, 4.69) is 9.72 Å². The number of esters is 1. The van der Waals surface area contributed by atoms with E-state index in [1.54, 1.807) is 0 Å². The molecular weight excluding hydrogens is 304 g/mol. The lowest BCUT2D eigenvalue weighted by molar-refractivity contribution is 0.0590. The standard InChI is InChI=1S/C11H16N2O5S2/c1-18-10(15)9-11(19-7-12-9)20(16,17)13-5-3-2-4-8(13)6-14/h7-8,14H,2-6H2,1H3. The zero-order chi connectivity index (χ0) is 14.8. The third-order valence-electron chi connectivity index (χ3n) is 3.24. The van der Waals surface area contributed by atoms with Crippen molar-refractivity contribution in [3.63, 3.8) is 0 Å². The number of aliphatic hydroxyl groups excluding tert-OH is 1. The molecule has 1 aromatic rings. The Morgan fingerprint density at radius 1 is 1.60 bits per heavy atom. The number of nitrogens with zero attached hydrogens (tertiary/aromatic N) is 2. The Morgan fingerprint density at radius 2 is 2.35 bits per heavy atom. The van der Waals surface area contributed by atoms with E-state index in [1.807, 2.05) is 0 Å². The molecule has 1 aliphatic rings. The lowest BCUT2D eigenvalue weighted by atomic mass is 10.1. The van der Waals surface area contributed by atoms with Crippen LogP contribution in [0.4, 0.5) is 0 Å². The molecule has 1 aromatic heterocycles. The highest BCUT2D eigenvalue weighted by molar-refractivity contribution is 7.91. The SMILES string of the molecule is COC(=O)c1ncsc1S(=O)(=O)N1CCCCC1CO. The Bertz CT molecular complexity index is 583. The van der Waals surface area contributed by atoms with Gasteiger partial charge in [-0.2, -0.15) is 4.31 Å². The third kappa shape index (κ3) is 2.71. The first-order valence-electron chi connectivity index (χ1n) is 6.17. The van der Waals surface area contributed by atoms with Gasteiger partial charge >= 0.3 is 5.97 Å². The number of carbonyl (C=O) groups excluding carboxylic acids is 1. The molecule has 0 bridgehead atoms. The van der Waals surface area contributed by atoms with Crippen molar-refractivity contribution in [1.82, 2.24) is 9.29 Å². The molecule has 9 heteroatoms. The minimum atomic E-state index is -3.84. The first-order valence-corrected chi connectivity index (χ1v) is 8.49. The molecule has 20 heavy (non-hydrogen) atoms. The fraction of sp³-hybridized carbons (Fsp3) is 0.636. The van der Waals surface area contributed by atoms with Crippen molar-refractivity contribution in [2.45, 2.75) is 29.5 Å². The molecule has 0 radical (unpaired) electrons. The van der Waals surface area contributed by atoms with Crippen LogP contribution in [0, 0.1) is 0 Å². The monoisotopic (exact) mass is 320 g/mol. The molecule has 112 valence electrons. The molecular formula is C11H16N2O5S2. The second-order valence-electron chi connectivity index (χ2n) is 4.43. The summed E-state index contributed by atoms with van der Waals surface area (Å²) in [4.78, 5) is 15.3. The lowest BCUT2D eigenvalue weighted by Gasteiger charge is -2.33. The average Bonchev–Trinajstić information content (AvgIpc) is 2.96. The van der Waals surface area contributed by atoms with E-state index < -0.39 is 22.0 Å². The summed E-state index contributed by atoms with van der Waals surface area (Å²) in [7, 11) is -2.66. The quantitative estimate of drug-likeness (QED) is 0.810. The fourth-order valence-electron chi connectivity index (χ4n) is 2.23. The maximum absolute atomic E-state index is 12.6. The van der Waals surface area contributed by atoms with Gasteiger partial charge in [-0.1, -0.05) is 6.42 Å². The van der Waals surface area contributed by atoms with Crippen molar-refractivity contribution in [3.05, 3.63) is 11.2 Å². The van der Waals surface area contributed by atoms with Crippen LogP contribution in [0.3, 0.4) is 0 Å². The second kappa shape index (κ2) is 6.17. The Labute approximate surface area is 121 Å². The number of piperidine rings is 1. The maximum atomic E-state index is 12.6. The lowest BCUT2D eigenvalue weighted by Crippen LogP contribution is -2.45. The van der Waals surface area contributed by atoms with Gasteiger partial charge < -0.3 is 9.84 Å². The van der Waals surface area contributed by atoms with Gasteiger partial charge in [0, 0.05) is 12.6 Å². The van der Waals surface area contributed by atoms with E-state index in [1.165, 1.54) is 16.9 Å². The molecule has 0 amide bonds. The Balaban J connectivity index is 2.39. The summed E-state index contributed by atoms with van der Waals surface area (Å²) < 4.78 is 31.0. The van der Waals surface area contributed by atoms with E-state index in [9.17, 15) is 18.3 Å². The zero-order valence-electron chi connectivity index (χ0n) is 11.0. The molecule has 1 unspecified atom stereocenters. The molecule has 7 nitrogen and oxygen atoms in total. The predicted molar refractivity (Wildman–Crippen MR) is 72.1 cm³/mol. The molecule has 1 saturated heterocycles. The summed E-state index contributed by atoms with van der Waals surface area (Å²) in [5, 5.41) is 9.34. The van der Waals surface area contributed by atoms with E-state index in [-0.39, 0.29) is 16.5 Å². The van der Waals surface area contributed by atoms with E-state index in [0.717, 1.165) is 24.2 Å². The van der Waals surface area contributed by atoms with Gasteiger partial charge in [0.15, 0.2) is 9.90 Å². The van der Waals surface area contributed by atoms with Crippen molar-refractivity contribution in [2.75, 3.05) is 20.3 Å². The van der Waals surface area contributed by atoms with Gasteiger partial charge in [-0.3, -0.25) is 0 Å². The predicted octanol–water partition coefficient (Wildman–Crippen LogP) is 0.465. The number of hydrogen-bond donors (Lipinski definition) is 1. The third-order valence-corrected chi connectivity index (χ3v) is 6.54. The largest absolute Gasteiger partial charge is 0.464 e. The number of methoxy groups -OCH3 is 1. The summed E-state index contributed by atoms with van der Waals surface area (Å²) in [6.07, 6.45) is 2.23. The minimum Gasteiger partial charge on any atom is -0.464 e. The molecule has 1 fully saturated rings. The fourth-order valence-corrected chi connectivity index (χ4v) is 5.16. The molecule has 0 aromatic carbocycles. The van der Waals surface area contributed by atoms with E-state index >= 15 is 0 Å². The summed E-state index contributed by atoms with van der Waals surface area (Å²) >= 11 is 0.883. The number of aromatic nitrogens is 1. The molecule has 2 heterocycles. The zero-order valence-corrected chi connectivity index (χ0v) is 12.6. The number of rotatable bonds is 4. The van der Waals surface area contributed by atoms with Crippen LogP contribution in [0.5, 0.6) is 0 Å². The van der Waals surface area contributed by atoms with Crippen LogP contribution in [0.2, 0.25) is 0 Å². The number of thiazole rings is 1. The number of aliphatic hydroxyl groups is 1. The van der Waals surface area contributed by atoms with Crippen molar-refractivity contribution < 1.29 is 23.1 Å². The van der Waals surface area contributed by atoms with Crippen LogP contribution in [-0.4, -0.2) is 55.1 Å². The van der Waals surface area contributed by atoms with Crippen LogP contribution >= 0.6 is 11.3 Å². The summed E-state index contributed by atoms with van der Waals surface area (Å²) in [5.41, 5.74) is 1.11. The summed E-state index contributed by atoms with van der Waals surface area (Å²) in [6, 6.07) is -0.443.